The van der Waals surface area contributed by atoms with Gasteiger partial charge >= 0.3 is 0 Å². The van der Waals surface area contributed by atoms with Gasteiger partial charge in [-0.15, -0.1) is 0 Å². The van der Waals surface area contributed by atoms with E-state index in [4.69, 9.17) is 4.74 Å². The average Bonchev–Trinajstić information content (AvgIpc) is 3.38. The standard InChI is InChI=1S/C22H23N5O3/c1-15-6-7-20(30-2)19(8-15)27-12-17(10-21(27)28)22(29)25-18-5-3-4-16(9-18)11-26-14-23-13-24-26/h3-9,13-14,17H,10-12H2,1-2H3,(H,25,29). The molecule has 0 saturated carbocycles. The number of nitrogens with zero attached hydrogens (tertiary/aromatic N) is 4. The minimum absolute atomic E-state index is 0.0843. The van der Waals surface area contributed by atoms with Gasteiger partial charge in [0, 0.05) is 18.7 Å². The van der Waals surface area contributed by atoms with E-state index in [-0.39, 0.29) is 18.2 Å². The lowest BCUT2D eigenvalue weighted by Crippen LogP contribution is -2.28. The molecule has 1 aliphatic rings. The zero-order valence-electron chi connectivity index (χ0n) is 16.9. The van der Waals surface area contributed by atoms with E-state index < -0.39 is 5.92 Å². The summed E-state index contributed by atoms with van der Waals surface area (Å²) < 4.78 is 7.11. The third-order valence-corrected chi connectivity index (χ3v) is 5.13. The van der Waals surface area contributed by atoms with Crippen molar-refractivity contribution < 1.29 is 14.3 Å². The number of rotatable bonds is 6. The number of ether oxygens (including phenoxy) is 1. The molecular weight excluding hydrogens is 382 g/mol. The summed E-state index contributed by atoms with van der Waals surface area (Å²) >= 11 is 0. The SMILES string of the molecule is COc1ccc(C)cc1N1CC(C(=O)Nc2cccc(Cn3cncn3)c2)CC1=O. The van der Waals surface area contributed by atoms with Crippen LogP contribution in [0.2, 0.25) is 0 Å². The number of amides is 2. The smallest absolute Gasteiger partial charge is 0.229 e. The van der Waals surface area contributed by atoms with Gasteiger partial charge in [-0.25, -0.2) is 9.67 Å². The zero-order chi connectivity index (χ0) is 21.1. The molecule has 0 aliphatic carbocycles. The minimum atomic E-state index is -0.429. The van der Waals surface area contributed by atoms with E-state index >= 15 is 0 Å². The summed E-state index contributed by atoms with van der Waals surface area (Å²) in [5.41, 5.74) is 3.41. The molecule has 0 spiro atoms. The molecule has 3 aromatic rings. The van der Waals surface area contributed by atoms with Crippen LogP contribution in [0.3, 0.4) is 0 Å². The molecule has 1 aromatic heterocycles. The molecule has 1 unspecified atom stereocenters. The van der Waals surface area contributed by atoms with Gasteiger partial charge in [-0.1, -0.05) is 18.2 Å². The highest BCUT2D eigenvalue weighted by atomic mass is 16.5. The molecule has 1 saturated heterocycles. The Hall–Kier alpha value is -3.68. The fourth-order valence-corrected chi connectivity index (χ4v) is 3.62. The second-order valence-electron chi connectivity index (χ2n) is 7.36. The highest BCUT2D eigenvalue weighted by molar-refractivity contribution is 6.04. The number of hydrogen-bond acceptors (Lipinski definition) is 5. The lowest BCUT2D eigenvalue weighted by atomic mass is 10.1. The summed E-state index contributed by atoms with van der Waals surface area (Å²) in [6.45, 7) is 2.84. The molecule has 1 aliphatic heterocycles. The molecule has 1 N–H and O–H groups in total. The Bertz CT molecular complexity index is 1060. The fraction of sp³-hybridized carbons (Fsp3) is 0.273. The summed E-state index contributed by atoms with van der Waals surface area (Å²) in [4.78, 5) is 31.0. The van der Waals surface area contributed by atoms with Crippen molar-refractivity contribution in [3.63, 3.8) is 0 Å². The number of benzene rings is 2. The number of carbonyl (C=O) groups is 2. The van der Waals surface area contributed by atoms with Crippen molar-refractivity contribution in [1.82, 2.24) is 14.8 Å². The van der Waals surface area contributed by atoms with Crippen LogP contribution in [0.5, 0.6) is 5.75 Å². The monoisotopic (exact) mass is 405 g/mol. The first-order valence-electron chi connectivity index (χ1n) is 9.70. The Morgan fingerprint density at radius 3 is 2.90 bits per heavy atom. The molecule has 8 nitrogen and oxygen atoms in total. The van der Waals surface area contributed by atoms with Gasteiger partial charge in [0.1, 0.15) is 18.4 Å². The van der Waals surface area contributed by atoms with Gasteiger partial charge in [-0.3, -0.25) is 9.59 Å². The number of aromatic nitrogens is 3. The summed E-state index contributed by atoms with van der Waals surface area (Å²) in [5.74, 6) is -0.0631. The van der Waals surface area contributed by atoms with E-state index in [1.165, 1.54) is 6.33 Å². The zero-order valence-corrected chi connectivity index (χ0v) is 16.9. The summed E-state index contributed by atoms with van der Waals surface area (Å²) in [6, 6.07) is 13.3. The first-order valence-corrected chi connectivity index (χ1v) is 9.70. The molecular formula is C22H23N5O3. The maximum absolute atomic E-state index is 12.8. The van der Waals surface area contributed by atoms with Crippen LogP contribution in [0.1, 0.15) is 17.5 Å². The number of hydrogen-bond donors (Lipinski definition) is 1. The van der Waals surface area contributed by atoms with Crippen molar-refractivity contribution in [2.45, 2.75) is 19.9 Å². The number of anilines is 2. The Labute approximate surface area is 174 Å². The van der Waals surface area contributed by atoms with Crippen molar-refractivity contribution in [1.29, 1.82) is 0 Å². The fourth-order valence-electron chi connectivity index (χ4n) is 3.62. The van der Waals surface area contributed by atoms with Crippen LogP contribution in [-0.4, -0.2) is 40.2 Å². The van der Waals surface area contributed by atoms with Gasteiger partial charge in [0.2, 0.25) is 11.8 Å². The number of methoxy groups -OCH3 is 1. The van der Waals surface area contributed by atoms with Crippen molar-refractivity contribution >= 4 is 23.2 Å². The Morgan fingerprint density at radius 1 is 1.27 bits per heavy atom. The van der Waals surface area contributed by atoms with Crippen molar-refractivity contribution in [2.24, 2.45) is 5.92 Å². The maximum atomic E-state index is 12.8. The highest BCUT2D eigenvalue weighted by Gasteiger charge is 2.36. The molecule has 1 fully saturated rings. The molecule has 2 amide bonds. The molecule has 0 radical (unpaired) electrons. The maximum Gasteiger partial charge on any atom is 0.229 e. The van der Waals surface area contributed by atoms with E-state index in [9.17, 15) is 9.59 Å². The van der Waals surface area contributed by atoms with Crippen LogP contribution in [0.15, 0.2) is 55.1 Å². The second-order valence-corrected chi connectivity index (χ2v) is 7.36. The van der Waals surface area contributed by atoms with Crippen LogP contribution in [0, 0.1) is 12.8 Å². The Balaban J connectivity index is 1.45. The van der Waals surface area contributed by atoms with E-state index in [0.717, 1.165) is 11.1 Å². The van der Waals surface area contributed by atoms with E-state index in [0.29, 0.717) is 30.2 Å². The predicted octanol–water partition coefficient (Wildman–Crippen LogP) is 2.64. The van der Waals surface area contributed by atoms with Crippen LogP contribution in [-0.2, 0) is 16.1 Å². The number of aryl methyl sites for hydroxylation is 1. The van der Waals surface area contributed by atoms with Gasteiger partial charge in [0.05, 0.1) is 25.3 Å². The van der Waals surface area contributed by atoms with Gasteiger partial charge in [-0.2, -0.15) is 5.10 Å². The van der Waals surface area contributed by atoms with E-state index in [1.54, 1.807) is 23.0 Å². The summed E-state index contributed by atoms with van der Waals surface area (Å²) in [7, 11) is 1.57. The molecule has 2 aromatic carbocycles. The van der Waals surface area contributed by atoms with Gasteiger partial charge in [0.15, 0.2) is 0 Å². The Morgan fingerprint density at radius 2 is 2.13 bits per heavy atom. The van der Waals surface area contributed by atoms with Crippen LogP contribution >= 0.6 is 0 Å². The summed E-state index contributed by atoms with van der Waals surface area (Å²) in [6.07, 6.45) is 3.29. The third-order valence-electron chi connectivity index (χ3n) is 5.13. The van der Waals surface area contributed by atoms with Gasteiger partial charge in [-0.05, 0) is 42.3 Å². The molecule has 0 bridgehead atoms. The van der Waals surface area contributed by atoms with Crippen molar-refractivity contribution in [2.75, 3.05) is 23.9 Å². The molecule has 2 heterocycles. The largest absolute Gasteiger partial charge is 0.495 e. The quantitative estimate of drug-likeness (QED) is 0.681. The first kappa shape index (κ1) is 19.6. The van der Waals surface area contributed by atoms with Crippen LogP contribution < -0.4 is 15.0 Å². The van der Waals surface area contributed by atoms with E-state index in [1.807, 2.05) is 49.4 Å². The van der Waals surface area contributed by atoms with Crippen molar-refractivity contribution in [3.8, 4) is 5.75 Å². The molecule has 154 valence electrons. The third kappa shape index (κ3) is 4.17. The van der Waals surface area contributed by atoms with Gasteiger partial charge in [0.25, 0.3) is 0 Å². The normalized spacial score (nSPS) is 16.0. The van der Waals surface area contributed by atoms with Crippen molar-refractivity contribution in [3.05, 3.63) is 66.2 Å². The lowest BCUT2D eigenvalue weighted by molar-refractivity contribution is -0.122. The van der Waals surface area contributed by atoms with Gasteiger partial charge < -0.3 is 15.0 Å². The highest BCUT2D eigenvalue weighted by Crippen LogP contribution is 2.34. The Kier molecular flexibility index (Phi) is 5.47. The lowest BCUT2D eigenvalue weighted by Gasteiger charge is -2.20. The number of carbonyl (C=O) groups excluding carboxylic acids is 2. The second kappa shape index (κ2) is 8.36. The molecule has 1 atom stereocenters. The van der Waals surface area contributed by atoms with Crippen LogP contribution in [0.25, 0.3) is 0 Å². The predicted molar refractivity (Wildman–Crippen MR) is 112 cm³/mol. The van der Waals surface area contributed by atoms with E-state index in [2.05, 4.69) is 15.4 Å². The topological polar surface area (TPSA) is 89.3 Å². The van der Waals surface area contributed by atoms with Crippen LogP contribution in [0.4, 0.5) is 11.4 Å². The number of nitrogens with one attached hydrogen (secondary N) is 1. The molecule has 30 heavy (non-hydrogen) atoms. The summed E-state index contributed by atoms with van der Waals surface area (Å²) in [5, 5.41) is 7.04. The average molecular weight is 405 g/mol. The molecule has 8 heteroatoms. The first-order chi connectivity index (χ1) is 14.5. The minimum Gasteiger partial charge on any atom is -0.495 e. The molecule has 4 rings (SSSR count).